The van der Waals surface area contributed by atoms with Gasteiger partial charge in [-0.05, 0) is 49.8 Å². The minimum absolute atomic E-state index is 0.700. The summed E-state index contributed by atoms with van der Waals surface area (Å²) in [6, 6.07) is 2.98. The lowest BCUT2D eigenvalue weighted by atomic mass is 9.86. The fourth-order valence-corrected chi connectivity index (χ4v) is 3.50. The van der Waals surface area contributed by atoms with Gasteiger partial charge in [-0.1, -0.05) is 20.8 Å². The van der Waals surface area contributed by atoms with Crippen LogP contribution in [0, 0.1) is 6.92 Å². The second kappa shape index (κ2) is 7.90. The van der Waals surface area contributed by atoms with Crippen LogP contribution < -0.4 is 0 Å². The molecule has 0 radical (unpaired) electrons. The monoisotopic (exact) mass is 290 g/mol. The molecule has 1 atom stereocenters. The van der Waals surface area contributed by atoms with Crippen molar-refractivity contribution in [3.8, 4) is 0 Å². The molecule has 2 aliphatic rings. The molecule has 0 bridgehead atoms. The van der Waals surface area contributed by atoms with E-state index in [1.807, 2.05) is 13.8 Å². The Bertz CT molecular complexity index is 436. The van der Waals surface area contributed by atoms with Gasteiger partial charge in [-0.2, -0.15) is 0 Å². The summed E-state index contributed by atoms with van der Waals surface area (Å²) in [5.41, 5.74) is 5.60. The zero-order valence-electron chi connectivity index (χ0n) is 14.1. The van der Waals surface area contributed by atoms with E-state index in [1.54, 1.807) is 0 Å². The third kappa shape index (κ3) is 3.83. The van der Waals surface area contributed by atoms with Crippen LogP contribution in [-0.2, 0) is 24.0 Å². The molecule has 3 rings (SSSR count). The number of ether oxygens (including phenoxy) is 1. The van der Waals surface area contributed by atoms with Gasteiger partial charge in [0.25, 0.3) is 0 Å². The summed E-state index contributed by atoms with van der Waals surface area (Å²) >= 11 is 0. The molecule has 1 aliphatic carbocycles. The standard InChI is InChI=1S/C16H24N2O.C2H6/c1-3-13-10-12(2)17-16-5-4-14(11-15(13)16)18-6-8-19-9-7-18;1-2/h10,14H,3-9,11H2,1-2H3;1-2H3. The van der Waals surface area contributed by atoms with E-state index in [1.165, 1.54) is 35.4 Å². The SMILES string of the molecule is CC.CCc1cc(C)nc2c1CC(N1CCOCC1)CC2. The molecule has 21 heavy (non-hydrogen) atoms. The first-order chi connectivity index (χ1) is 10.3. The van der Waals surface area contributed by atoms with Gasteiger partial charge >= 0.3 is 0 Å². The third-order valence-corrected chi connectivity index (χ3v) is 4.53. The van der Waals surface area contributed by atoms with Crippen molar-refractivity contribution in [2.45, 2.75) is 59.4 Å². The van der Waals surface area contributed by atoms with Gasteiger partial charge in [0.05, 0.1) is 13.2 Å². The smallest absolute Gasteiger partial charge is 0.0594 e. The molecule has 0 amide bonds. The fraction of sp³-hybridized carbons (Fsp3) is 0.722. The van der Waals surface area contributed by atoms with Crippen molar-refractivity contribution >= 4 is 0 Å². The quantitative estimate of drug-likeness (QED) is 0.836. The van der Waals surface area contributed by atoms with Crippen molar-refractivity contribution in [2.24, 2.45) is 0 Å². The molecule has 1 aromatic heterocycles. The van der Waals surface area contributed by atoms with Crippen molar-refractivity contribution in [2.75, 3.05) is 26.3 Å². The number of nitrogens with zero attached hydrogens (tertiary/aromatic N) is 2. The first kappa shape index (κ1) is 16.4. The van der Waals surface area contributed by atoms with Gasteiger partial charge in [0.15, 0.2) is 0 Å². The fourth-order valence-electron chi connectivity index (χ4n) is 3.50. The van der Waals surface area contributed by atoms with Gasteiger partial charge in [-0.3, -0.25) is 9.88 Å². The van der Waals surface area contributed by atoms with Crippen molar-refractivity contribution in [3.05, 3.63) is 28.6 Å². The van der Waals surface area contributed by atoms with Crippen molar-refractivity contribution in [1.82, 2.24) is 9.88 Å². The minimum Gasteiger partial charge on any atom is -0.379 e. The van der Waals surface area contributed by atoms with Crippen LogP contribution >= 0.6 is 0 Å². The molecule has 1 aromatic rings. The summed E-state index contributed by atoms with van der Waals surface area (Å²) in [4.78, 5) is 7.38. The number of rotatable bonds is 2. The Balaban J connectivity index is 0.000000774. The van der Waals surface area contributed by atoms with E-state index in [4.69, 9.17) is 9.72 Å². The summed E-state index contributed by atoms with van der Waals surface area (Å²) in [6.07, 6.45) is 4.71. The number of hydrogen-bond donors (Lipinski definition) is 0. The van der Waals surface area contributed by atoms with Crippen molar-refractivity contribution < 1.29 is 4.74 Å². The molecular formula is C18H30N2O. The van der Waals surface area contributed by atoms with Gasteiger partial charge in [0.2, 0.25) is 0 Å². The van der Waals surface area contributed by atoms with Gasteiger partial charge in [-0.25, -0.2) is 0 Å². The summed E-state index contributed by atoms with van der Waals surface area (Å²) in [6.45, 7) is 12.4. The normalized spacial score (nSPS) is 22.2. The van der Waals surface area contributed by atoms with E-state index in [-0.39, 0.29) is 0 Å². The molecule has 0 aromatic carbocycles. The first-order valence-electron chi connectivity index (χ1n) is 8.58. The average molecular weight is 290 g/mol. The highest BCUT2D eigenvalue weighted by Crippen LogP contribution is 2.27. The maximum atomic E-state index is 5.47. The molecule has 1 aliphatic heterocycles. The lowest BCUT2D eigenvalue weighted by Gasteiger charge is -2.37. The topological polar surface area (TPSA) is 25.4 Å². The van der Waals surface area contributed by atoms with Gasteiger partial charge < -0.3 is 4.74 Å². The van der Waals surface area contributed by atoms with Gasteiger partial charge in [0, 0.05) is 30.5 Å². The largest absolute Gasteiger partial charge is 0.379 e. The maximum absolute atomic E-state index is 5.47. The van der Waals surface area contributed by atoms with Crippen LogP contribution in [0.2, 0.25) is 0 Å². The number of fused-ring (bicyclic) bond motifs is 1. The number of morpholine rings is 1. The second-order valence-corrected chi connectivity index (χ2v) is 5.75. The zero-order chi connectivity index (χ0) is 15.2. The molecular weight excluding hydrogens is 260 g/mol. The predicted molar refractivity (Wildman–Crippen MR) is 87.9 cm³/mol. The molecule has 3 heteroatoms. The third-order valence-electron chi connectivity index (χ3n) is 4.53. The lowest BCUT2D eigenvalue weighted by molar-refractivity contribution is 0.0135. The van der Waals surface area contributed by atoms with Crippen LogP contribution in [0.5, 0.6) is 0 Å². The molecule has 1 unspecified atom stereocenters. The molecule has 2 heterocycles. The highest BCUT2D eigenvalue weighted by Gasteiger charge is 2.27. The number of hydrogen-bond acceptors (Lipinski definition) is 3. The lowest BCUT2D eigenvalue weighted by Crippen LogP contribution is -2.46. The summed E-state index contributed by atoms with van der Waals surface area (Å²) in [5, 5.41) is 0. The highest BCUT2D eigenvalue weighted by molar-refractivity contribution is 5.35. The van der Waals surface area contributed by atoms with E-state index < -0.39 is 0 Å². The van der Waals surface area contributed by atoms with Crippen LogP contribution in [0.15, 0.2) is 6.07 Å². The van der Waals surface area contributed by atoms with Crippen LogP contribution in [0.1, 0.15) is 49.7 Å². The molecule has 118 valence electrons. The minimum atomic E-state index is 0.700. The highest BCUT2D eigenvalue weighted by atomic mass is 16.5. The molecule has 0 spiro atoms. The Morgan fingerprint density at radius 1 is 1.29 bits per heavy atom. The van der Waals surface area contributed by atoms with Crippen molar-refractivity contribution in [3.63, 3.8) is 0 Å². The first-order valence-corrected chi connectivity index (χ1v) is 8.58. The predicted octanol–water partition coefficient (Wildman–Crippen LogP) is 3.17. The van der Waals surface area contributed by atoms with Gasteiger partial charge in [-0.15, -0.1) is 0 Å². The van der Waals surface area contributed by atoms with Crippen LogP contribution in [0.3, 0.4) is 0 Å². The molecule has 3 nitrogen and oxygen atoms in total. The Kier molecular flexibility index (Phi) is 6.19. The van der Waals surface area contributed by atoms with E-state index in [2.05, 4.69) is 24.8 Å². The van der Waals surface area contributed by atoms with Crippen LogP contribution in [0.25, 0.3) is 0 Å². The number of aromatic nitrogens is 1. The van der Waals surface area contributed by atoms with E-state index in [0.29, 0.717) is 6.04 Å². The maximum Gasteiger partial charge on any atom is 0.0594 e. The van der Waals surface area contributed by atoms with E-state index in [0.717, 1.165) is 39.1 Å². The second-order valence-electron chi connectivity index (χ2n) is 5.75. The van der Waals surface area contributed by atoms with Crippen LogP contribution in [-0.4, -0.2) is 42.2 Å². The van der Waals surface area contributed by atoms with Crippen molar-refractivity contribution in [1.29, 1.82) is 0 Å². The van der Waals surface area contributed by atoms with Crippen LogP contribution in [0.4, 0.5) is 0 Å². The zero-order valence-corrected chi connectivity index (χ0v) is 14.1. The summed E-state index contributed by atoms with van der Waals surface area (Å²) < 4.78 is 5.47. The summed E-state index contributed by atoms with van der Waals surface area (Å²) in [7, 11) is 0. The Labute approximate surface area is 129 Å². The van der Waals surface area contributed by atoms with E-state index >= 15 is 0 Å². The Hall–Kier alpha value is -0.930. The molecule has 1 saturated heterocycles. The average Bonchev–Trinajstić information content (AvgIpc) is 2.56. The molecule has 0 saturated carbocycles. The Morgan fingerprint density at radius 2 is 2.00 bits per heavy atom. The number of aryl methyl sites for hydroxylation is 3. The molecule has 0 N–H and O–H groups in total. The Morgan fingerprint density at radius 3 is 2.67 bits per heavy atom. The number of pyridine rings is 1. The summed E-state index contributed by atoms with van der Waals surface area (Å²) in [5.74, 6) is 0. The molecule has 1 fully saturated rings. The van der Waals surface area contributed by atoms with Gasteiger partial charge in [0.1, 0.15) is 0 Å². The van der Waals surface area contributed by atoms with E-state index in [9.17, 15) is 0 Å².